The zero-order valence-electron chi connectivity index (χ0n) is 15.4. The van der Waals surface area contributed by atoms with Crippen LogP contribution in [0.4, 0.5) is 5.69 Å². The van der Waals surface area contributed by atoms with E-state index in [0.717, 1.165) is 5.56 Å². The van der Waals surface area contributed by atoms with Gasteiger partial charge in [-0.05, 0) is 49.7 Å². The standard InChI is InChI=1S/C20H22N2O5/c1-12(2)27-18-9-8-16(20(25)26)10-17(18)22-19(24)15-6-4-14(5-7-15)11-21-13(3)23/h4-10,12H,11H2,1-3H3,(H,21,23)(H,22,24)(H,25,26). The average Bonchev–Trinajstić information content (AvgIpc) is 2.61. The molecule has 7 nitrogen and oxygen atoms in total. The molecule has 0 aliphatic heterocycles. The van der Waals surface area contributed by atoms with E-state index in [4.69, 9.17) is 9.84 Å². The number of nitrogens with one attached hydrogen (secondary N) is 2. The molecule has 0 saturated carbocycles. The normalized spacial score (nSPS) is 10.4. The minimum atomic E-state index is -1.09. The molecule has 27 heavy (non-hydrogen) atoms. The Morgan fingerprint density at radius 2 is 1.67 bits per heavy atom. The van der Waals surface area contributed by atoms with Crippen LogP contribution in [0.1, 0.15) is 47.1 Å². The molecule has 0 unspecified atom stereocenters. The van der Waals surface area contributed by atoms with Crippen molar-refractivity contribution in [2.24, 2.45) is 0 Å². The maximum atomic E-state index is 12.5. The summed E-state index contributed by atoms with van der Waals surface area (Å²) in [5.41, 5.74) is 1.60. The minimum absolute atomic E-state index is 0.0482. The number of hydrogen-bond donors (Lipinski definition) is 3. The molecule has 0 radical (unpaired) electrons. The predicted molar refractivity (Wildman–Crippen MR) is 101 cm³/mol. The Balaban J connectivity index is 2.19. The zero-order chi connectivity index (χ0) is 20.0. The molecule has 0 fully saturated rings. The number of benzene rings is 2. The fourth-order valence-corrected chi connectivity index (χ4v) is 2.31. The molecule has 7 heteroatoms. The molecule has 0 aromatic heterocycles. The third-order valence-electron chi connectivity index (χ3n) is 3.59. The van der Waals surface area contributed by atoms with Crippen LogP contribution in [0.15, 0.2) is 42.5 Å². The average molecular weight is 370 g/mol. The Morgan fingerprint density at radius 1 is 1.04 bits per heavy atom. The summed E-state index contributed by atoms with van der Waals surface area (Å²) in [5, 5.41) is 14.6. The highest BCUT2D eigenvalue weighted by atomic mass is 16.5. The molecular formula is C20H22N2O5. The molecule has 0 atom stereocenters. The lowest BCUT2D eigenvalue weighted by Crippen LogP contribution is -2.19. The summed E-state index contributed by atoms with van der Waals surface area (Å²) >= 11 is 0. The Kier molecular flexibility index (Phi) is 6.54. The van der Waals surface area contributed by atoms with Gasteiger partial charge in [0.15, 0.2) is 0 Å². The van der Waals surface area contributed by atoms with Gasteiger partial charge in [0.05, 0.1) is 17.4 Å². The summed E-state index contributed by atoms with van der Waals surface area (Å²) in [6, 6.07) is 11.1. The topological polar surface area (TPSA) is 105 Å². The van der Waals surface area contributed by atoms with Crippen molar-refractivity contribution in [1.82, 2.24) is 5.32 Å². The van der Waals surface area contributed by atoms with Crippen molar-refractivity contribution in [3.8, 4) is 5.75 Å². The largest absolute Gasteiger partial charge is 0.489 e. The SMILES string of the molecule is CC(=O)NCc1ccc(C(=O)Nc2cc(C(=O)O)ccc2OC(C)C)cc1. The number of hydrogen-bond acceptors (Lipinski definition) is 4. The highest BCUT2D eigenvalue weighted by molar-refractivity contribution is 6.05. The molecule has 0 aliphatic rings. The van der Waals surface area contributed by atoms with E-state index in [2.05, 4.69) is 10.6 Å². The molecule has 0 bridgehead atoms. The Labute approximate surface area is 157 Å². The van der Waals surface area contributed by atoms with Crippen molar-refractivity contribution in [1.29, 1.82) is 0 Å². The summed E-state index contributed by atoms with van der Waals surface area (Å²) in [6.45, 7) is 5.49. The Bertz CT molecular complexity index is 844. The maximum absolute atomic E-state index is 12.5. The second-order valence-corrected chi connectivity index (χ2v) is 6.24. The number of carboxylic acids is 1. The van der Waals surface area contributed by atoms with Crippen molar-refractivity contribution in [3.63, 3.8) is 0 Å². The Hall–Kier alpha value is -3.35. The van der Waals surface area contributed by atoms with Crippen LogP contribution in [-0.2, 0) is 11.3 Å². The first-order valence-corrected chi connectivity index (χ1v) is 8.45. The van der Waals surface area contributed by atoms with Gasteiger partial charge in [-0.1, -0.05) is 12.1 Å². The number of anilines is 1. The van der Waals surface area contributed by atoms with Gasteiger partial charge in [0, 0.05) is 19.0 Å². The number of carboxylic acid groups (broad SMARTS) is 1. The molecule has 0 heterocycles. The zero-order valence-corrected chi connectivity index (χ0v) is 15.4. The molecule has 0 aliphatic carbocycles. The van der Waals surface area contributed by atoms with Gasteiger partial charge < -0.3 is 20.5 Å². The summed E-state index contributed by atoms with van der Waals surface area (Å²) in [5.74, 6) is -1.22. The molecule has 3 N–H and O–H groups in total. The van der Waals surface area contributed by atoms with Crippen LogP contribution in [0.25, 0.3) is 0 Å². The summed E-state index contributed by atoms with van der Waals surface area (Å²) < 4.78 is 5.64. The third kappa shape index (κ3) is 5.85. The van der Waals surface area contributed by atoms with Crippen LogP contribution in [0, 0.1) is 0 Å². The van der Waals surface area contributed by atoms with E-state index >= 15 is 0 Å². The van der Waals surface area contributed by atoms with Crippen LogP contribution in [0.3, 0.4) is 0 Å². The van der Waals surface area contributed by atoms with Gasteiger partial charge in [0.25, 0.3) is 5.91 Å². The maximum Gasteiger partial charge on any atom is 0.335 e. The summed E-state index contributed by atoms with van der Waals surface area (Å²) in [4.78, 5) is 34.7. The van der Waals surface area contributed by atoms with Crippen molar-refractivity contribution in [3.05, 3.63) is 59.2 Å². The van der Waals surface area contributed by atoms with E-state index in [1.54, 1.807) is 24.3 Å². The van der Waals surface area contributed by atoms with Gasteiger partial charge in [0.1, 0.15) is 5.75 Å². The van der Waals surface area contributed by atoms with Crippen LogP contribution in [0.5, 0.6) is 5.75 Å². The molecular weight excluding hydrogens is 348 g/mol. The molecule has 2 aromatic carbocycles. The first kappa shape index (κ1) is 20.0. The number of rotatable bonds is 7. The van der Waals surface area contributed by atoms with E-state index in [9.17, 15) is 14.4 Å². The second kappa shape index (κ2) is 8.84. The predicted octanol–water partition coefficient (Wildman–Crippen LogP) is 3.06. The van der Waals surface area contributed by atoms with Crippen LogP contribution in [0.2, 0.25) is 0 Å². The number of carbonyl (C=O) groups excluding carboxylic acids is 2. The third-order valence-corrected chi connectivity index (χ3v) is 3.59. The summed E-state index contributed by atoms with van der Waals surface area (Å²) in [6.07, 6.45) is -0.135. The van der Waals surface area contributed by atoms with E-state index in [0.29, 0.717) is 17.9 Å². The van der Waals surface area contributed by atoms with Crippen LogP contribution in [-0.4, -0.2) is 29.0 Å². The van der Waals surface area contributed by atoms with Crippen molar-refractivity contribution < 1.29 is 24.2 Å². The first-order chi connectivity index (χ1) is 12.8. The van der Waals surface area contributed by atoms with E-state index in [1.165, 1.54) is 25.1 Å². The lowest BCUT2D eigenvalue weighted by atomic mass is 10.1. The molecule has 0 saturated heterocycles. The second-order valence-electron chi connectivity index (χ2n) is 6.24. The van der Waals surface area contributed by atoms with Gasteiger partial charge in [-0.25, -0.2) is 4.79 Å². The fourth-order valence-electron chi connectivity index (χ4n) is 2.31. The Morgan fingerprint density at radius 3 is 2.22 bits per heavy atom. The number of ether oxygens (including phenoxy) is 1. The minimum Gasteiger partial charge on any atom is -0.489 e. The lowest BCUT2D eigenvalue weighted by molar-refractivity contribution is -0.119. The van der Waals surface area contributed by atoms with Crippen molar-refractivity contribution >= 4 is 23.5 Å². The molecule has 0 spiro atoms. The monoisotopic (exact) mass is 370 g/mol. The fraction of sp³-hybridized carbons (Fsp3) is 0.250. The van der Waals surface area contributed by atoms with Gasteiger partial charge in [-0.3, -0.25) is 9.59 Å². The van der Waals surface area contributed by atoms with Gasteiger partial charge in [-0.2, -0.15) is 0 Å². The van der Waals surface area contributed by atoms with Crippen LogP contribution >= 0.6 is 0 Å². The molecule has 2 aromatic rings. The van der Waals surface area contributed by atoms with Gasteiger partial charge >= 0.3 is 5.97 Å². The summed E-state index contributed by atoms with van der Waals surface area (Å²) in [7, 11) is 0. The highest BCUT2D eigenvalue weighted by Gasteiger charge is 2.14. The number of carbonyl (C=O) groups is 3. The van der Waals surface area contributed by atoms with Crippen molar-refractivity contribution in [2.75, 3.05) is 5.32 Å². The van der Waals surface area contributed by atoms with Crippen LogP contribution < -0.4 is 15.4 Å². The quantitative estimate of drug-likeness (QED) is 0.695. The molecule has 142 valence electrons. The van der Waals surface area contributed by atoms with Gasteiger partial charge in [-0.15, -0.1) is 0 Å². The first-order valence-electron chi connectivity index (χ1n) is 8.45. The molecule has 2 amide bonds. The van der Waals surface area contributed by atoms with Gasteiger partial charge in [0.2, 0.25) is 5.91 Å². The smallest absolute Gasteiger partial charge is 0.335 e. The van der Waals surface area contributed by atoms with Crippen molar-refractivity contribution in [2.45, 2.75) is 33.4 Å². The number of amides is 2. The highest BCUT2D eigenvalue weighted by Crippen LogP contribution is 2.27. The lowest BCUT2D eigenvalue weighted by Gasteiger charge is -2.15. The van der Waals surface area contributed by atoms with E-state index < -0.39 is 11.9 Å². The van der Waals surface area contributed by atoms with E-state index in [1.807, 2.05) is 13.8 Å². The molecule has 2 rings (SSSR count). The van der Waals surface area contributed by atoms with E-state index in [-0.39, 0.29) is 23.3 Å². The number of aromatic carboxylic acids is 1.